The van der Waals surface area contributed by atoms with Crippen molar-refractivity contribution in [3.63, 3.8) is 0 Å². The van der Waals surface area contributed by atoms with Crippen LogP contribution in [0.15, 0.2) is 18.2 Å². The normalized spacial score (nSPS) is 16.6. The average molecular weight is 234 g/mol. The quantitative estimate of drug-likeness (QED) is 0.743. The lowest BCUT2D eigenvalue weighted by molar-refractivity contribution is 0.342. The molecule has 0 unspecified atom stereocenters. The second-order valence-electron chi connectivity index (χ2n) is 4.86. The summed E-state index contributed by atoms with van der Waals surface area (Å²) in [5, 5.41) is 3.46. The number of nitrogens with one attached hydrogen (secondary N) is 1. The van der Waals surface area contributed by atoms with Crippen molar-refractivity contribution in [1.82, 2.24) is 0 Å². The van der Waals surface area contributed by atoms with Gasteiger partial charge in [-0.2, -0.15) is 0 Å². The van der Waals surface area contributed by atoms with Gasteiger partial charge in [0.2, 0.25) is 0 Å². The molecule has 17 heavy (non-hydrogen) atoms. The van der Waals surface area contributed by atoms with Gasteiger partial charge in [0.15, 0.2) is 0 Å². The Labute approximate surface area is 103 Å². The summed E-state index contributed by atoms with van der Waals surface area (Å²) in [6, 6.07) is 5.91. The molecule has 0 spiro atoms. The molecule has 3 heteroatoms. The highest BCUT2D eigenvalue weighted by Gasteiger charge is 2.40. The Balaban J connectivity index is 2.03. The van der Waals surface area contributed by atoms with Crippen molar-refractivity contribution in [2.45, 2.75) is 33.1 Å². The van der Waals surface area contributed by atoms with Gasteiger partial charge in [-0.1, -0.05) is 13.0 Å². The maximum absolute atomic E-state index is 6.07. The largest absolute Gasteiger partial charge is 0.492 e. The van der Waals surface area contributed by atoms with Gasteiger partial charge in [-0.15, -0.1) is 0 Å². The maximum atomic E-state index is 6.07. The van der Waals surface area contributed by atoms with Crippen molar-refractivity contribution in [2.24, 2.45) is 5.41 Å². The Morgan fingerprint density at radius 1 is 1.35 bits per heavy atom. The molecule has 0 heterocycles. The van der Waals surface area contributed by atoms with Crippen LogP contribution in [-0.4, -0.2) is 13.2 Å². The molecule has 3 N–H and O–H groups in total. The van der Waals surface area contributed by atoms with E-state index in [9.17, 15) is 0 Å². The SMILES string of the molecule is CCOc1cccc(NCC2(CC)CC2)c1N. The number of hydrogen-bond donors (Lipinski definition) is 2. The third kappa shape index (κ3) is 2.65. The van der Waals surface area contributed by atoms with E-state index in [0.29, 0.717) is 12.0 Å². The molecule has 0 bridgehead atoms. The zero-order chi connectivity index (χ0) is 12.3. The molecule has 1 aromatic rings. The van der Waals surface area contributed by atoms with Gasteiger partial charge in [0, 0.05) is 6.54 Å². The van der Waals surface area contributed by atoms with Gasteiger partial charge < -0.3 is 15.8 Å². The number of nitrogen functional groups attached to an aromatic ring is 1. The summed E-state index contributed by atoms with van der Waals surface area (Å²) >= 11 is 0. The van der Waals surface area contributed by atoms with Crippen LogP contribution in [0.1, 0.15) is 33.1 Å². The first kappa shape index (κ1) is 12.1. The van der Waals surface area contributed by atoms with Crippen molar-refractivity contribution < 1.29 is 4.74 Å². The average Bonchev–Trinajstić information content (AvgIpc) is 3.11. The van der Waals surface area contributed by atoms with E-state index < -0.39 is 0 Å². The smallest absolute Gasteiger partial charge is 0.144 e. The summed E-state index contributed by atoms with van der Waals surface area (Å²) in [6.45, 7) is 5.89. The molecule has 2 rings (SSSR count). The number of ether oxygens (including phenoxy) is 1. The first-order chi connectivity index (χ1) is 8.21. The van der Waals surface area contributed by atoms with Crippen LogP contribution in [-0.2, 0) is 0 Å². The predicted octanol–water partition coefficient (Wildman–Crippen LogP) is 3.27. The molecule has 1 aromatic carbocycles. The van der Waals surface area contributed by atoms with Crippen LogP contribution >= 0.6 is 0 Å². The van der Waals surface area contributed by atoms with Crippen LogP contribution in [0.3, 0.4) is 0 Å². The van der Waals surface area contributed by atoms with E-state index in [2.05, 4.69) is 12.2 Å². The fraction of sp³-hybridized carbons (Fsp3) is 0.571. The molecule has 0 aliphatic heterocycles. The molecule has 3 nitrogen and oxygen atoms in total. The van der Waals surface area contributed by atoms with Gasteiger partial charge >= 0.3 is 0 Å². The van der Waals surface area contributed by atoms with Crippen LogP contribution in [0.4, 0.5) is 11.4 Å². The highest BCUT2D eigenvalue weighted by atomic mass is 16.5. The van der Waals surface area contributed by atoms with Gasteiger partial charge in [0.1, 0.15) is 5.75 Å². The summed E-state index contributed by atoms with van der Waals surface area (Å²) in [6.07, 6.45) is 3.91. The number of rotatable bonds is 6. The van der Waals surface area contributed by atoms with E-state index in [1.165, 1.54) is 19.3 Å². The van der Waals surface area contributed by atoms with Gasteiger partial charge in [0.05, 0.1) is 18.0 Å². The van der Waals surface area contributed by atoms with Crippen LogP contribution in [0.2, 0.25) is 0 Å². The summed E-state index contributed by atoms with van der Waals surface area (Å²) in [5.74, 6) is 0.777. The molecule has 1 aliphatic carbocycles. The molecule has 0 aromatic heterocycles. The van der Waals surface area contributed by atoms with Crippen molar-refractivity contribution in [2.75, 3.05) is 24.2 Å². The molecular formula is C14H22N2O. The minimum Gasteiger partial charge on any atom is -0.492 e. The van der Waals surface area contributed by atoms with Crippen molar-refractivity contribution in [3.05, 3.63) is 18.2 Å². The lowest BCUT2D eigenvalue weighted by atomic mass is 10.0. The summed E-state index contributed by atoms with van der Waals surface area (Å²) < 4.78 is 5.49. The van der Waals surface area contributed by atoms with E-state index in [1.54, 1.807) is 0 Å². The molecule has 0 saturated heterocycles. The Bertz CT molecular complexity index is 386. The second-order valence-corrected chi connectivity index (χ2v) is 4.86. The molecule has 0 atom stereocenters. The number of hydrogen-bond acceptors (Lipinski definition) is 3. The Morgan fingerprint density at radius 3 is 2.71 bits per heavy atom. The first-order valence-electron chi connectivity index (χ1n) is 6.46. The van der Waals surface area contributed by atoms with Crippen molar-refractivity contribution in [3.8, 4) is 5.75 Å². The monoisotopic (exact) mass is 234 g/mol. The minimum absolute atomic E-state index is 0.522. The van der Waals surface area contributed by atoms with Gasteiger partial charge in [-0.05, 0) is 43.7 Å². The number of para-hydroxylation sites is 1. The third-order valence-corrected chi connectivity index (χ3v) is 3.73. The molecule has 1 aliphatic rings. The third-order valence-electron chi connectivity index (χ3n) is 3.73. The number of nitrogens with two attached hydrogens (primary N) is 1. The highest BCUT2D eigenvalue weighted by Crippen LogP contribution is 2.48. The Hall–Kier alpha value is -1.38. The maximum Gasteiger partial charge on any atom is 0.144 e. The molecule has 0 radical (unpaired) electrons. The lowest BCUT2D eigenvalue weighted by Crippen LogP contribution is -2.15. The van der Waals surface area contributed by atoms with Gasteiger partial charge in [-0.25, -0.2) is 0 Å². The predicted molar refractivity (Wildman–Crippen MR) is 72.5 cm³/mol. The topological polar surface area (TPSA) is 47.3 Å². The molecular weight excluding hydrogens is 212 g/mol. The summed E-state index contributed by atoms with van der Waals surface area (Å²) in [7, 11) is 0. The molecule has 1 fully saturated rings. The first-order valence-corrected chi connectivity index (χ1v) is 6.46. The van der Waals surface area contributed by atoms with Crippen LogP contribution < -0.4 is 15.8 Å². The van der Waals surface area contributed by atoms with Crippen molar-refractivity contribution >= 4 is 11.4 Å². The fourth-order valence-electron chi connectivity index (χ4n) is 2.09. The standard InChI is InChI=1S/C14H22N2O/c1-3-14(8-9-14)10-16-11-6-5-7-12(13(11)15)17-4-2/h5-7,16H,3-4,8-10,15H2,1-2H3. The van der Waals surface area contributed by atoms with E-state index in [1.807, 2.05) is 25.1 Å². The van der Waals surface area contributed by atoms with Gasteiger partial charge in [-0.3, -0.25) is 0 Å². The van der Waals surface area contributed by atoms with Crippen molar-refractivity contribution in [1.29, 1.82) is 0 Å². The molecule has 1 saturated carbocycles. The summed E-state index contributed by atoms with van der Waals surface area (Å²) in [4.78, 5) is 0. The molecule has 94 valence electrons. The van der Waals surface area contributed by atoms with Gasteiger partial charge in [0.25, 0.3) is 0 Å². The Kier molecular flexibility index (Phi) is 3.46. The Morgan fingerprint density at radius 2 is 2.12 bits per heavy atom. The second kappa shape index (κ2) is 4.86. The lowest BCUT2D eigenvalue weighted by Gasteiger charge is -2.17. The number of benzene rings is 1. The zero-order valence-electron chi connectivity index (χ0n) is 10.8. The van der Waals surface area contributed by atoms with Crippen LogP contribution in [0.5, 0.6) is 5.75 Å². The van der Waals surface area contributed by atoms with E-state index in [0.717, 1.165) is 23.7 Å². The van der Waals surface area contributed by atoms with E-state index in [-0.39, 0.29) is 0 Å². The zero-order valence-corrected chi connectivity index (χ0v) is 10.8. The molecule has 0 amide bonds. The van der Waals surface area contributed by atoms with Crippen LogP contribution in [0, 0.1) is 5.41 Å². The number of anilines is 2. The fourth-order valence-corrected chi connectivity index (χ4v) is 2.09. The minimum atomic E-state index is 0.522. The summed E-state index contributed by atoms with van der Waals surface area (Å²) in [5.41, 5.74) is 8.31. The van der Waals surface area contributed by atoms with Crippen LogP contribution in [0.25, 0.3) is 0 Å². The van der Waals surface area contributed by atoms with E-state index >= 15 is 0 Å². The highest BCUT2D eigenvalue weighted by molar-refractivity contribution is 5.73. The van der Waals surface area contributed by atoms with E-state index in [4.69, 9.17) is 10.5 Å².